The first-order valence-electron chi connectivity index (χ1n) is 6.50. The molecule has 2 N–H and O–H groups in total. The van der Waals surface area contributed by atoms with Crippen molar-refractivity contribution in [3.05, 3.63) is 64.7 Å². The van der Waals surface area contributed by atoms with Crippen molar-refractivity contribution in [1.29, 1.82) is 0 Å². The van der Waals surface area contributed by atoms with Gasteiger partial charge in [-0.1, -0.05) is 41.9 Å². The van der Waals surface area contributed by atoms with Crippen molar-refractivity contribution in [1.82, 2.24) is 4.90 Å². The van der Waals surface area contributed by atoms with Crippen LogP contribution in [0.5, 0.6) is 0 Å². The maximum atomic E-state index is 12.5. The zero-order valence-electron chi connectivity index (χ0n) is 11.3. The number of rotatable bonds is 4. The van der Waals surface area contributed by atoms with Crippen LogP contribution in [0.4, 0.5) is 5.69 Å². The number of anilines is 1. The van der Waals surface area contributed by atoms with Crippen LogP contribution in [-0.4, -0.2) is 17.4 Å². The second kappa shape index (κ2) is 6.44. The molecule has 104 valence electrons. The molecule has 0 saturated heterocycles. The van der Waals surface area contributed by atoms with Gasteiger partial charge in [0.15, 0.2) is 0 Å². The molecule has 0 aliphatic carbocycles. The maximum Gasteiger partial charge on any atom is 0.255 e. The summed E-state index contributed by atoms with van der Waals surface area (Å²) in [6.07, 6.45) is 0. The molecule has 1 amide bonds. The summed E-state index contributed by atoms with van der Waals surface area (Å²) in [5, 5.41) is 0.469. The Balaban J connectivity index is 2.23. The quantitative estimate of drug-likeness (QED) is 0.874. The SMILES string of the molecule is CCN(Cc1ccccc1N)C(=O)c1ccccc1Cl. The van der Waals surface area contributed by atoms with Crippen molar-refractivity contribution in [2.75, 3.05) is 12.3 Å². The molecule has 0 aliphatic rings. The van der Waals surface area contributed by atoms with Crippen LogP contribution in [0.25, 0.3) is 0 Å². The zero-order chi connectivity index (χ0) is 14.5. The summed E-state index contributed by atoms with van der Waals surface area (Å²) in [4.78, 5) is 14.2. The lowest BCUT2D eigenvalue weighted by Crippen LogP contribution is -2.30. The Hall–Kier alpha value is -2.00. The topological polar surface area (TPSA) is 46.3 Å². The van der Waals surface area contributed by atoms with E-state index >= 15 is 0 Å². The van der Waals surface area contributed by atoms with Crippen LogP contribution < -0.4 is 5.73 Å². The van der Waals surface area contributed by atoms with Gasteiger partial charge >= 0.3 is 0 Å². The predicted octanol–water partition coefficient (Wildman–Crippen LogP) is 3.58. The van der Waals surface area contributed by atoms with Crippen molar-refractivity contribution in [3.8, 4) is 0 Å². The number of hydrogen-bond acceptors (Lipinski definition) is 2. The highest BCUT2D eigenvalue weighted by Gasteiger charge is 2.17. The molecule has 3 nitrogen and oxygen atoms in total. The lowest BCUT2D eigenvalue weighted by atomic mass is 10.1. The highest BCUT2D eigenvalue weighted by Crippen LogP contribution is 2.20. The molecule has 20 heavy (non-hydrogen) atoms. The third kappa shape index (κ3) is 3.11. The highest BCUT2D eigenvalue weighted by molar-refractivity contribution is 6.33. The Labute approximate surface area is 124 Å². The monoisotopic (exact) mass is 288 g/mol. The molecule has 0 spiro atoms. The summed E-state index contributed by atoms with van der Waals surface area (Å²) >= 11 is 6.08. The molecule has 0 unspecified atom stereocenters. The summed E-state index contributed by atoms with van der Waals surface area (Å²) in [7, 11) is 0. The van der Waals surface area contributed by atoms with E-state index in [0.29, 0.717) is 29.4 Å². The number of nitrogens with two attached hydrogens (primary N) is 1. The van der Waals surface area contributed by atoms with Gasteiger partial charge in [-0.25, -0.2) is 0 Å². The summed E-state index contributed by atoms with van der Waals surface area (Å²) < 4.78 is 0. The van der Waals surface area contributed by atoms with Crippen molar-refractivity contribution in [3.63, 3.8) is 0 Å². The van der Waals surface area contributed by atoms with Crippen LogP contribution in [0.2, 0.25) is 5.02 Å². The van der Waals surface area contributed by atoms with Gasteiger partial charge in [-0.05, 0) is 30.7 Å². The normalized spacial score (nSPS) is 10.3. The zero-order valence-corrected chi connectivity index (χ0v) is 12.1. The Bertz CT molecular complexity index is 613. The van der Waals surface area contributed by atoms with Crippen molar-refractivity contribution in [2.45, 2.75) is 13.5 Å². The fourth-order valence-corrected chi connectivity index (χ4v) is 2.23. The molecule has 2 rings (SSSR count). The lowest BCUT2D eigenvalue weighted by molar-refractivity contribution is 0.0753. The number of amides is 1. The van der Waals surface area contributed by atoms with E-state index in [-0.39, 0.29) is 5.91 Å². The molecular formula is C16H17ClN2O. The highest BCUT2D eigenvalue weighted by atomic mass is 35.5. The Morgan fingerprint density at radius 2 is 1.80 bits per heavy atom. The molecule has 0 saturated carbocycles. The van der Waals surface area contributed by atoms with Gasteiger partial charge in [0, 0.05) is 18.8 Å². The predicted molar refractivity (Wildman–Crippen MR) is 82.7 cm³/mol. The molecule has 0 aromatic heterocycles. The molecule has 0 heterocycles. The van der Waals surface area contributed by atoms with E-state index in [4.69, 9.17) is 17.3 Å². The number of carbonyl (C=O) groups is 1. The molecule has 0 radical (unpaired) electrons. The fourth-order valence-electron chi connectivity index (χ4n) is 2.02. The standard InChI is InChI=1S/C16H17ClN2O/c1-2-19(11-12-7-3-6-10-15(12)18)16(20)13-8-4-5-9-14(13)17/h3-10H,2,11,18H2,1H3. The molecule has 0 bridgehead atoms. The van der Waals surface area contributed by atoms with E-state index < -0.39 is 0 Å². The third-order valence-corrected chi connectivity index (χ3v) is 3.52. The van der Waals surface area contributed by atoms with Gasteiger partial charge in [0.1, 0.15) is 0 Å². The Morgan fingerprint density at radius 1 is 1.15 bits per heavy atom. The molecule has 2 aromatic rings. The number of nitrogens with zero attached hydrogens (tertiary/aromatic N) is 1. The van der Waals surface area contributed by atoms with E-state index in [1.54, 1.807) is 17.0 Å². The summed E-state index contributed by atoms with van der Waals surface area (Å²) in [6.45, 7) is 3.01. The van der Waals surface area contributed by atoms with E-state index in [0.717, 1.165) is 5.56 Å². The molecule has 2 aromatic carbocycles. The number of nitrogen functional groups attached to an aromatic ring is 1. The minimum Gasteiger partial charge on any atom is -0.398 e. The molecule has 0 fully saturated rings. The first-order valence-corrected chi connectivity index (χ1v) is 6.88. The molecule has 0 atom stereocenters. The fraction of sp³-hybridized carbons (Fsp3) is 0.188. The first-order chi connectivity index (χ1) is 9.63. The summed E-state index contributed by atoms with van der Waals surface area (Å²) in [6, 6.07) is 14.6. The summed E-state index contributed by atoms with van der Waals surface area (Å²) in [5.41, 5.74) is 8.08. The van der Waals surface area contributed by atoms with Crippen molar-refractivity contribution in [2.24, 2.45) is 0 Å². The van der Waals surface area contributed by atoms with Gasteiger partial charge in [-0.2, -0.15) is 0 Å². The summed E-state index contributed by atoms with van der Waals surface area (Å²) in [5.74, 6) is -0.0821. The lowest BCUT2D eigenvalue weighted by Gasteiger charge is -2.22. The largest absolute Gasteiger partial charge is 0.398 e. The minimum atomic E-state index is -0.0821. The van der Waals surface area contributed by atoms with E-state index in [9.17, 15) is 4.79 Å². The average molecular weight is 289 g/mol. The van der Waals surface area contributed by atoms with Crippen LogP contribution in [0, 0.1) is 0 Å². The van der Waals surface area contributed by atoms with Gasteiger partial charge in [0.25, 0.3) is 5.91 Å². The van der Waals surface area contributed by atoms with Gasteiger partial charge in [0.05, 0.1) is 10.6 Å². The molecule has 4 heteroatoms. The maximum absolute atomic E-state index is 12.5. The smallest absolute Gasteiger partial charge is 0.255 e. The molecular weight excluding hydrogens is 272 g/mol. The number of benzene rings is 2. The number of halogens is 1. The second-order valence-electron chi connectivity index (χ2n) is 4.50. The number of para-hydroxylation sites is 1. The van der Waals surface area contributed by atoms with Gasteiger partial charge in [-0.15, -0.1) is 0 Å². The Morgan fingerprint density at radius 3 is 2.45 bits per heavy atom. The van der Waals surface area contributed by atoms with Crippen molar-refractivity contribution < 1.29 is 4.79 Å². The second-order valence-corrected chi connectivity index (χ2v) is 4.91. The van der Waals surface area contributed by atoms with Crippen LogP contribution in [0.15, 0.2) is 48.5 Å². The number of carbonyl (C=O) groups excluding carboxylic acids is 1. The first kappa shape index (κ1) is 14.4. The third-order valence-electron chi connectivity index (χ3n) is 3.19. The van der Waals surface area contributed by atoms with Gasteiger partial charge < -0.3 is 10.6 Å². The van der Waals surface area contributed by atoms with Gasteiger partial charge in [0.2, 0.25) is 0 Å². The Kier molecular flexibility index (Phi) is 4.64. The van der Waals surface area contributed by atoms with Crippen LogP contribution in [-0.2, 0) is 6.54 Å². The van der Waals surface area contributed by atoms with Crippen LogP contribution >= 0.6 is 11.6 Å². The molecule has 0 aliphatic heterocycles. The van der Waals surface area contributed by atoms with E-state index in [1.165, 1.54) is 0 Å². The van der Waals surface area contributed by atoms with Crippen LogP contribution in [0.3, 0.4) is 0 Å². The average Bonchev–Trinajstić information content (AvgIpc) is 2.46. The van der Waals surface area contributed by atoms with E-state index in [2.05, 4.69) is 0 Å². The number of hydrogen-bond donors (Lipinski definition) is 1. The van der Waals surface area contributed by atoms with Crippen molar-refractivity contribution >= 4 is 23.2 Å². The van der Waals surface area contributed by atoms with E-state index in [1.807, 2.05) is 43.3 Å². The van der Waals surface area contributed by atoms with Crippen LogP contribution in [0.1, 0.15) is 22.8 Å². The minimum absolute atomic E-state index is 0.0821. The van der Waals surface area contributed by atoms with Gasteiger partial charge in [-0.3, -0.25) is 4.79 Å².